The van der Waals surface area contributed by atoms with Crippen LogP contribution in [0.4, 0.5) is 0 Å². The van der Waals surface area contributed by atoms with Gasteiger partial charge in [-0.1, -0.05) is 20.8 Å². The molecule has 2 heterocycles. The molecule has 0 aliphatic carbocycles. The number of methoxy groups -OCH3 is 1. The lowest BCUT2D eigenvalue weighted by atomic mass is 9.99. The summed E-state index contributed by atoms with van der Waals surface area (Å²) in [7, 11) is 3.22. The third-order valence-corrected chi connectivity index (χ3v) is 5.55. The van der Waals surface area contributed by atoms with E-state index in [9.17, 15) is 4.79 Å². The maximum Gasteiger partial charge on any atom is 0.310 e. The number of esters is 1. The van der Waals surface area contributed by atoms with Crippen LogP contribution in [0.15, 0.2) is 10.4 Å². The van der Waals surface area contributed by atoms with E-state index in [2.05, 4.69) is 46.3 Å². The predicted molar refractivity (Wildman–Crippen MR) is 97.5 cm³/mol. The Balaban J connectivity index is 1.85. The van der Waals surface area contributed by atoms with E-state index in [1.807, 2.05) is 0 Å². The minimum Gasteiger partial charge on any atom is -0.469 e. The number of ether oxygens (including phenoxy) is 1. The molecule has 2 rings (SSSR count). The number of aromatic nitrogens is 1. The largest absolute Gasteiger partial charge is 0.469 e. The third-order valence-electron chi connectivity index (χ3n) is 4.36. The number of carbonyl (C=O) groups is 1. The molecule has 2 unspecified atom stereocenters. The smallest absolute Gasteiger partial charge is 0.310 e. The first-order valence-corrected chi connectivity index (χ1v) is 9.32. The van der Waals surface area contributed by atoms with Crippen molar-refractivity contribution in [1.29, 1.82) is 0 Å². The summed E-state index contributed by atoms with van der Waals surface area (Å²) in [6.45, 7) is 8.65. The van der Waals surface area contributed by atoms with Crippen LogP contribution in [0.1, 0.15) is 37.4 Å². The summed E-state index contributed by atoms with van der Waals surface area (Å²) < 4.78 is 4.89. The van der Waals surface area contributed by atoms with Gasteiger partial charge in [-0.25, -0.2) is 4.98 Å². The maximum atomic E-state index is 11.8. The predicted octanol–water partition coefficient (Wildman–Crippen LogP) is 2.13. The molecule has 1 N–H and O–H groups in total. The van der Waals surface area contributed by atoms with Gasteiger partial charge in [0.05, 0.1) is 23.7 Å². The maximum absolute atomic E-state index is 11.8. The average Bonchev–Trinajstić information content (AvgIpc) is 3.18. The summed E-state index contributed by atoms with van der Waals surface area (Å²) in [4.78, 5) is 23.0. The number of hydrogen-bond acceptors (Lipinski definition) is 5. The molecule has 1 fully saturated rings. The Labute approximate surface area is 148 Å². The Kier molecular flexibility index (Phi) is 6.60. The summed E-state index contributed by atoms with van der Waals surface area (Å²) in [5.74, 6) is 1.37. The molecule has 24 heavy (non-hydrogen) atoms. The summed E-state index contributed by atoms with van der Waals surface area (Å²) in [5, 5.41) is 6.70. The summed E-state index contributed by atoms with van der Waals surface area (Å²) in [6, 6.07) is 0. The van der Waals surface area contributed by atoms with E-state index in [0.29, 0.717) is 12.5 Å². The highest BCUT2D eigenvalue weighted by molar-refractivity contribution is 7.09. The SMILES string of the molecule is CN=C(NCCc1csc(C(C)C)n1)N1CC(C)C(C(=O)OC)C1. The molecule has 6 nitrogen and oxygen atoms in total. The van der Waals surface area contributed by atoms with Crippen molar-refractivity contribution < 1.29 is 9.53 Å². The molecular formula is C17H28N4O2S. The van der Waals surface area contributed by atoms with Crippen LogP contribution in [0.3, 0.4) is 0 Å². The normalized spacial score (nSPS) is 21.4. The molecular weight excluding hydrogens is 324 g/mol. The molecule has 1 saturated heterocycles. The van der Waals surface area contributed by atoms with Crippen LogP contribution in [0.25, 0.3) is 0 Å². The van der Waals surface area contributed by atoms with Gasteiger partial charge in [0.15, 0.2) is 5.96 Å². The van der Waals surface area contributed by atoms with Crippen LogP contribution in [-0.2, 0) is 16.0 Å². The van der Waals surface area contributed by atoms with Gasteiger partial charge in [-0.15, -0.1) is 11.3 Å². The molecule has 7 heteroatoms. The summed E-state index contributed by atoms with van der Waals surface area (Å²) in [5.41, 5.74) is 1.12. The quantitative estimate of drug-likeness (QED) is 0.499. The van der Waals surface area contributed by atoms with Crippen LogP contribution in [0.2, 0.25) is 0 Å². The minimum absolute atomic E-state index is 0.0827. The Bertz CT molecular complexity index is 585. The topological polar surface area (TPSA) is 66.8 Å². The standard InChI is InChI=1S/C17H28N4O2S/c1-11(2)15-20-13(10-24-15)6-7-19-17(18-4)21-8-12(3)14(9-21)16(22)23-5/h10-12,14H,6-9H2,1-5H3,(H,18,19). The molecule has 0 amide bonds. The van der Waals surface area contributed by atoms with Crippen molar-refractivity contribution in [2.24, 2.45) is 16.8 Å². The number of thiazole rings is 1. The monoisotopic (exact) mass is 352 g/mol. The van der Waals surface area contributed by atoms with Crippen molar-refractivity contribution in [3.63, 3.8) is 0 Å². The van der Waals surface area contributed by atoms with Crippen molar-refractivity contribution >= 4 is 23.3 Å². The van der Waals surface area contributed by atoms with Crippen molar-refractivity contribution in [3.05, 3.63) is 16.1 Å². The minimum atomic E-state index is -0.135. The number of hydrogen-bond donors (Lipinski definition) is 1. The number of nitrogens with one attached hydrogen (secondary N) is 1. The van der Waals surface area contributed by atoms with Gasteiger partial charge in [0.2, 0.25) is 0 Å². The highest BCUT2D eigenvalue weighted by Crippen LogP contribution is 2.24. The first kappa shape index (κ1) is 18.7. The van der Waals surface area contributed by atoms with Gasteiger partial charge in [-0.3, -0.25) is 9.79 Å². The summed E-state index contributed by atoms with van der Waals surface area (Å²) >= 11 is 1.72. The van der Waals surface area contributed by atoms with E-state index < -0.39 is 0 Å². The number of guanidine groups is 1. The Morgan fingerprint density at radius 1 is 1.54 bits per heavy atom. The second-order valence-corrected chi connectivity index (χ2v) is 7.46. The van der Waals surface area contributed by atoms with E-state index in [0.717, 1.165) is 31.2 Å². The van der Waals surface area contributed by atoms with Crippen LogP contribution in [-0.4, -0.2) is 55.6 Å². The molecule has 0 aromatic carbocycles. The fourth-order valence-corrected chi connectivity index (χ4v) is 3.80. The highest BCUT2D eigenvalue weighted by Gasteiger charge is 2.36. The van der Waals surface area contributed by atoms with E-state index in [-0.39, 0.29) is 17.8 Å². The van der Waals surface area contributed by atoms with Gasteiger partial charge in [0, 0.05) is 44.4 Å². The zero-order chi connectivity index (χ0) is 17.7. The highest BCUT2D eigenvalue weighted by atomic mass is 32.1. The van der Waals surface area contributed by atoms with E-state index in [1.54, 1.807) is 18.4 Å². The fraction of sp³-hybridized carbons (Fsp3) is 0.706. The zero-order valence-corrected chi connectivity index (χ0v) is 16.0. The summed E-state index contributed by atoms with van der Waals surface area (Å²) in [6.07, 6.45) is 0.867. The molecule has 0 radical (unpaired) electrons. The fourth-order valence-electron chi connectivity index (χ4n) is 2.94. The second-order valence-electron chi connectivity index (χ2n) is 6.57. The molecule has 0 spiro atoms. The van der Waals surface area contributed by atoms with Crippen molar-refractivity contribution in [3.8, 4) is 0 Å². The number of carbonyl (C=O) groups excluding carboxylic acids is 1. The van der Waals surface area contributed by atoms with Gasteiger partial charge in [-0.2, -0.15) is 0 Å². The number of nitrogens with zero attached hydrogens (tertiary/aromatic N) is 3. The molecule has 134 valence electrons. The molecule has 1 aromatic rings. The second kappa shape index (κ2) is 8.46. The number of aliphatic imine (C=N–C) groups is 1. The van der Waals surface area contributed by atoms with E-state index in [4.69, 9.17) is 4.74 Å². The molecule has 0 saturated carbocycles. The van der Waals surface area contributed by atoms with Crippen LogP contribution in [0.5, 0.6) is 0 Å². The Morgan fingerprint density at radius 2 is 2.29 bits per heavy atom. The lowest BCUT2D eigenvalue weighted by Gasteiger charge is -2.21. The lowest BCUT2D eigenvalue weighted by molar-refractivity contribution is -0.145. The first-order valence-electron chi connectivity index (χ1n) is 8.44. The zero-order valence-electron chi connectivity index (χ0n) is 15.2. The van der Waals surface area contributed by atoms with Crippen molar-refractivity contribution in [2.45, 2.75) is 33.1 Å². The van der Waals surface area contributed by atoms with Crippen LogP contribution in [0, 0.1) is 11.8 Å². The van der Waals surface area contributed by atoms with Gasteiger partial charge >= 0.3 is 5.97 Å². The van der Waals surface area contributed by atoms with Gasteiger partial charge in [0.1, 0.15) is 0 Å². The Hall–Kier alpha value is -1.63. The molecule has 1 aliphatic heterocycles. The van der Waals surface area contributed by atoms with E-state index in [1.165, 1.54) is 12.1 Å². The molecule has 2 atom stereocenters. The first-order chi connectivity index (χ1) is 11.5. The lowest BCUT2D eigenvalue weighted by Crippen LogP contribution is -2.41. The van der Waals surface area contributed by atoms with Crippen LogP contribution >= 0.6 is 11.3 Å². The van der Waals surface area contributed by atoms with E-state index >= 15 is 0 Å². The Morgan fingerprint density at radius 3 is 2.88 bits per heavy atom. The molecule has 0 bridgehead atoms. The average molecular weight is 353 g/mol. The third kappa shape index (κ3) is 4.47. The van der Waals surface area contributed by atoms with Gasteiger partial charge < -0.3 is 15.0 Å². The van der Waals surface area contributed by atoms with Crippen LogP contribution < -0.4 is 5.32 Å². The van der Waals surface area contributed by atoms with Gasteiger partial charge in [0.25, 0.3) is 0 Å². The van der Waals surface area contributed by atoms with Crippen molar-refractivity contribution in [2.75, 3.05) is 33.8 Å². The molecule has 1 aromatic heterocycles. The van der Waals surface area contributed by atoms with Crippen molar-refractivity contribution in [1.82, 2.24) is 15.2 Å². The molecule has 1 aliphatic rings. The van der Waals surface area contributed by atoms with Gasteiger partial charge in [-0.05, 0) is 5.92 Å². The number of likely N-dealkylation sites (tertiary alicyclic amines) is 1. The number of rotatable bonds is 5.